The van der Waals surface area contributed by atoms with E-state index in [1.165, 1.54) is 25.7 Å². The maximum Gasteiger partial charge on any atom is 0.407 e. The second-order valence-electron chi connectivity index (χ2n) is 11.2. The van der Waals surface area contributed by atoms with Gasteiger partial charge in [0.1, 0.15) is 11.2 Å². The molecule has 0 aromatic rings. The molecular weight excluding hydrogens is 392 g/mol. The van der Waals surface area contributed by atoms with Gasteiger partial charge in [-0.25, -0.2) is 9.59 Å². The van der Waals surface area contributed by atoms with Crippen LogP contribution in [0.2, 0.25) is 0 Å². The lowest BCUT2D eigenvalue weighted by Gasteiger charge is -2.34. The summed E-state index contributed by atoms with van der Waals surface area (Å²) in [5, 5.41) is 6.05. The average molecular weight is 437 g/mol. The van der Waals surface area contributed by atoms with Gasteiger partial charge in [-0.1, -0.05) is 25.7 Å². The third-order valence-corrected chi connectivity index (χ3v) is 8.09. The van der Waals surface area contributed by atoms with Gasteiger partial charge in [-0.2, -0.15) is 0 Å². The van der Waals surface area contributed by atoms with Crippen LogP contribution in [0.15, 0.2) is 0 Å². The molecular formula is C25H44N2O4. The molecule has 3 aliphatic carbocycles. The summed E-state index contributed by atoms with van der Waals surface area (Å²) in [4.78, 5) is 24.7. The smallest absolute Gasteiger partial charge is 0.407 e. The number of amides is 2. The van der Waals surface area contributed by atoms with E-state index in [2.05, 4.69) is 10.6 Å². The molecule has 0 radical (unpaired) electrons. The maximum absolute atomic E-state index is 12.4. The molecule has 0 saturated heterocycles. The van der Waals surface area contributed by atoms with Crippen LogP contribution in [-0.2, 0) is 9.47 Å². The summed E-state index contributed by atoms with van der Waals surface area (Å²) in [7, 11) is 0. The number of carbonyl (C=O) groups excluding carboxylic acids is 2. The first-order valence-electron chi connectivity index (χ1n) is 12.6. The van der Waals surface area contributed by atoms with Crippen molar-refractivity contribution in [2.75, 3.05) is 6.54 Å². The van der Waals surface area contributed by atoms with E-state index in [9.17, 15) is 9.59 Å². The van der Waals surface area contributed by atoms with Crippen LogP contribution in [0.3, 0.4) is 0 Å². The maximum atomic E-state index is 12.4. The Morgan fingerprint density at radius 2 is 1.16 bits per heavy atom. The van der Waals surface area contributed by atoms with Crippen molar-refractivity contribution >= 4 is 12.2 Å². The Morgan fingerprint density at radius 1 is 0.710 bits per heavy atom. The Hall–Kier alpha value is -1.46. The van der Waals surface area contributed by atoms with Gasteiger partial charge in [-0.15, -0.1) is 0 Å². The number of nitrogens with one attached hydrogen (secondary N) is 2. The molecule has 2 N–H and O–H groups in total. The van der Waals surface area contributed by atoms with Crippen LogP contribution in [0.25, 0.3) is 0 Å². The van der Waals surface area contributed by atoms with Crippen LogP contribution in [0.1, 0.15) is 105 Å². The minimum Gasteiger partial charge on any atom is -0.443 e. The first-order valence-corrected chi connectivity index (χ1v) is 12.6. The Balaban J connectivity index is 1.32. The standard InChI is InChI=1S/C25H44N2O4/c1-24(2,19-9-5-6-10-19)30-22(28)26-17-18-13-15-21(16-14-18)27-23(29)31-25(3,4)20-11-7-8-12-20/h18-21H,5-17H2,1-4H3,(H,26,28)(H,27,29). The van der Waals surface area contributed by atoms with Crippen LogP contribution in [0.5, 0.6) is 0 Å². The fourth-order valence-electron chi connectivity index (χ4n) is 5.86. The molecule has 6 nitrogen and oxygen atoms in total. The van der Waals surface area contributed by atoms with E-state index in [0.29, 0.717) is 24.3 Å². The van der Waals surface area contributed by atoms with Gasteiger partial charge in [0.15, 0.2) is 0 Å². The summed E-state index contributed by atoms with van der Waals surface area (Å²) in [5.41, 5.74) is -0.789. The highest BCUT2D eigenvalue weighted by Gasteiger charge is 2.37. The molecule has 3 aliphatic rings. The molecule has 31 heavy (non-hydrogen) atoms. The first-order chi connectivity index (χ1) is 14.7. The van der Waals surface area contributed by atoms with Crippen molar-refractivity contribution in [1.29, 1.82) is 0 Å². The van der Waals surface area contributed by atoms with E-state index in [-0.39, 0.29) is 18.2 Å². The summed E-state index contributed by atoms with van der Waals surface area (Å²) >= 11 is 0. The number of hydrogen-bond donors (Lipinski definition) is 2. The molecule has 2 amide bonds. The number of alkyl carbamates (subject to hydrolysis) is 2. The zero-order chi connectivity index (χ0) is 22.5. The number of carbonyl (C=O) groups is 2. The van der Waals surface area contributed by atoms with Gasteiger partial charge in [0.25, 0.3) is 0 Å². The quantitative estimate of drug-likeness (QED) is 0.518. The first kappa shape index (κ1) is 24.2. The largest absolute Gasteiger partial charge is 0.443 e. The summed E-state index contributed by atoms with van der Waals surface area (Å²) in [6.45, 7) is 8.79. The lowest BCUT2D eigenvalue weighted by Crippen LogP contribution is -2.45. The van der Waals surface area contributed by atoms with Gasteiger partial charge < -0.3 is 20.1 Å². The molecule has 3 fully saturated rings. The predicted octanol–water partition coefficient (Wildman–Crippen LogP) is 5.94. The van der Waals surface area contributed by atoms with Crippen molar-refractivity contribution in [3.05, 3.63) is 0 Å². The lowest BCUT2D eigenvalue weighted by molar-refractivity contribution is -0.00639. The molecule has 0 bridgehead atoms. The molecule has 3 saturated carbocycles. The third kappa shape index (κ3) is 7.01. The topological polar surface area (TPSA) is 76.7 Å². The van der Waals surface area contributed by atoms with Crippen molar-refractivity contribution in [2.45, 2.75) is 122 Å². The fourth-order valence-corrected chi connectivity index (χ4v) is 5.86. The summed E-state index contributed by atoms with van der Waals surface area (Å²) < 4.78 is 11.5. The highest BCUT2D eigenvalue weighted by Crippen LogP contribution is 2.37. The zero-order valence-corrected chi connectivity index (χ0v) is 20.1. The Morgan fingerprint density at radius 3 is 1.65 bits per heavy atom. The predicted molar refractivity (Wildman–Crippen MR) is 122 cm³/mol. The van der Waals surface area contributed by atoms with Crippen LogP contribution in [0, 0.1) is 17.8 Å². The number of ether oxygens (including phenoxy) is 2. The zero-order valence-electron chi connectivity index (χ0n) is 20.1. The van der Waals surface area contributed by atoms with Gasteiger partial charge in [-0.3, -0.25) is 0 Å². The van der Waals surface area contributed by atoms with Gasteiger partial charge >= 0.3 is 12.2 Å². The van der Waals surface area contributed by atoms with Gasteiger partial charge in [0, 0.05) is 12.6 Å². The molecule has 0 spiro atoms. The van der Waals surface area contributed by atoms with E-state index < -0.39 is 11.2 Å². The van der Waals surface area contributed by atoms with Crippen molar-refractivity contribution < 1.29 is 19.1 Å². The van der Waals surface area contributed by atoms with Crippen molar-refractivity contribution in [2.24, 2.45) is 17.8 Å². The van der Waals surface area contributed by atoms with E-state index in [4.69, 9.17) is 9.47 Å². The Kier molecular flexibility index (Phi) is 8.14. The molecule has 0 aliphatic heterocycles. The van der Waals surface area contributed by atoms with Gasteiger partial charge in [-0.05, 0) is 96.8 Å². The van der Waals surface area contributed by atoms with Crippen LogP contribution >= 0.6 is 0 Å². The number of rotatable bonds is 7. The summed E-state index contributed by atoms with van der Waals surface area (Å²) in [6.07, 6.45) is 12.8. The summed E-state index contributed by atoms with van der Waals surface area (Å²) in [5.74, 6) is 1.38. The molecule has 0 aromatic carbocycles. The SMILES string of the molecule is CC(C)(OC(=O)NCC1CCC(NC(=O)OC(C)(C)C2CCCC2)CC1)C1CCCC1. The van der Waals surface area contributed by atoms with E-state index in [1.54, 1.807) is 0 Å². The second kappa shape index (κ2) is 10.4. The average Bonchev–Trinajstić information content (AvgIpc) is 3.41. The molecule has 6 heteroatoms. The number of hydrogen-bond acceptors (Lipinski definition) is 4. The van der Waals surface area contributed by atoms with Crippen LogP contribution in [-0.4, -0.2) is 36.0 Å². The highest BCUT2D eigenvalue weighted by molar-refractivity contribution is 5.68. The molecule has 3 rings (SSSR count). The van der Waals surface area contributed by atoms with E-state index >= 15 is 0 Å². The highest BCUT2D eigenvalue weighted by atomic mass is 16.6. The van der Waals surface area contributed by atoms with Gasteiger partial charge in [0.2, 0.25) is 0 Å². The molecule has 178 valence electrons. The van der Waals surface area contributed by atoms with Crippen molar-refractivity contribution in [3.63, 3.8) is 0 Å². The monoisotopic (exact) mass is 436 g/mol. The van der Waals surface area contributed by atoms with Gasteiger partial charge in [0.05, 0.1) is 0 Å². The Labute approximate surface area is 188 Å². The lowest BCUT2D eigenvalue weighted by atomic mass is 9.86. The fraction of sp³-hybridized carbons (Fsp3) is 0.920. The molecule has 0 unspecified atom stereocenters. The second-order valence-corrected chi connectivity index (χ2v) is 11.2. The third-order valence-electron chi connectivity index (χ3n) is 8.09. The van der Waals surface area contributed by atoms with E-state index in [1.807, 2.05) is 27.7 Å². The van der Waals surface area contributed by atoms with Crippen molar-refractivity contribution in [3.8, 4) is 0 Å². The minimum atomic E-state index is -0.395. The van der Waals surface area contributed by atoms with Crippen molar-refractivity contribution in [1.82, 2.24) is 10.6 Å². The normalized spacial score (nSPS) is 25.9. The summed E-state index contributed by atoms with van der Waals surface area (Å²) in [6, 6.07) is 0.163. The molecule has 0 atom stereocenters. The Bertz CT molecular complexity index is 599. The van der Waals surface area contributed by atoms with Crippen LogP contribution in [0.4, 0.5) is 9.59 Å². The minimum absolute atomic E-state index is 0.163. The molecule has 0 aromatic heterocycles. The van der Waals surface area contributed by atoms with Crippen LogP contribution < -0.4 is 10.6 Å². The van der Waals surface area contributed by atoms with E-state index in [0.717, 1.165) is 51.4 Å². The molecule has 0 heterocycles.